The SMILES string of the molecule is NC(=S)N1CCN(C2CCCC(C(F)(F)F)C2)CC1. The molecule has 0 radical (unpaired) electrons. The zero-order valence-electron chi connectivity index (χ0n) is 10.8. The van der Waals surface area contributed by atoms with Crippen molar-refractivity contribution in [2.24, 2.45) is 11.7 Å². The fourth-order valence-electron chi connectivity index (χ4n) is 3.10. The van der Waals surface area contributed by atoms with Gasteiger partial charge in [-0.15, -0.1) is 0 Å². The first-order valence-corrected chi connectivity index (χ1v) is 7.14. The smallest absolute Gasteiger partial charge is 0.376 e. The van der Waals surface area contributed by atoms with Gasteiger partial charge in [-0.3, -0.25) is 4.90 Å². The molecule has 1 aliphatic carbocycles. The molecule has 1 saturated heterocycles. The van der Waals surface area contributed by atoms with Crippen LogP contribution in [0.4, 0.5) is 13.2 Å². The Labute approximate surface area is 116 Å². The van der Waals surface area contributed by atoms with Crippen LogP contribution in [0.1, 0.15) is 25.7 Å². The molecule has 7 heteroatoms. The summed E-state index contributed by atoms with van der Waals surface area (Å²) in [7, 11) is 0. The van der Waals surface area contributed by atoms with Gasteiger partial charge in [0.2, 0.25) is 0 Å². The molecule has 2 rings (SSSR count). The molecule has 0 bridgehead atoms. The van der Waals surface area contributed by atoms with Crippen LogP contribution in [0.3, 0.4) is 0 Å². The van der Waals surface area contributed by atoms with E-state index in [4.69, 9.17) is 18.0 Å². The van der Waals surface area contributed by atoms with Crippen LogP contribution in [0.25, 0.3) is 0 Å². The lowest BCUT2D eigenvalue weighted by Crippen LogP contribution is -2.54. The monoisotopic (exact) mass is 295 g/mol. The minimum Gasteiger partial charge on any atom is -0.376 e. The molecular weight excluding hydrogens is 275 g/mol. The van der Waals surface area contributed by atoms with Gasteiger partial charge in [-0.2, -0.15) is 13.2 Å². The summed E-state index contributed by atoms with van der Waals surface area (Å²) >= 11 is 4.91. The predicted octanol–water partition coefficient (Wildman–Crippen LogP) is 1.97. The van der Waals surface area contributed by atoms with Crippen LogP contribution in [0, 0.1) is 5.92 Å². The highest BCUT2D eigenvalue weighted by atomic mass is 32.1. The Morgan fingerprint density at radius 2 is 1.74 bits per heavy atom. The van der Waals surface area contributed by atoms with E-state index in [1.165, 1.54) is 0 Å². The molecule has 1 heterocycles. The highest BCUT2D eigenvalue weighted by Gasteiger charge is 2.43. The average Bonchev–Trinajstić information content (AvgIpc) is 2.38. The fraction of sp³-hybridized carbons (Fsp3) is 0.917. The molecule has 2 N–H and O–H groups in total. The van der Waals surface area contributed by atoms with Gasteiger partial charge >= 0.3 is 6.18 Å². The maximum atomic E-state index is 12.8. The second-order valence-corrected chi connectivity index (χ2v) is 5.84. The number of rotatable bonds is 1. The molecular formula is C12H20F3N3S. The molecule has 19 heavy (non-hydrogen) atoms. The third kappa shape index (κ3) is 3.72. The van der Waals surface area contributed by atoms with E-state index in [2.05, 4.69) is 4.90 Å². The summed E-state index contributed by atoms with van der Waals surface area (Å²) in [5.41, 5.74) is 5.56. The summed E-state index contributed by atoms with van der Waals surface area (Å²) in [4.78, 5) is 4.09. The van der Waals surface area contributed by atoms with E-state index in [1.54, 1.807) is 0 Å². The van der Waals surface area contributed by atoms with Crippen LogP contribution in [0.5, 0.6) is 0 Å². The van der Waals surface area contributed by atoms with E-state index >= 15 is 0 Å². The number of hydrogen-bond acceptors (Lipinski definition) is 2. The maximum Gasteiger partial charge on any atom is 0.391 e. The maximum absolute atomic E-state index is 12.8. The van der Waals surface area contributed by atoms with Gasteiger partial charge in [-0.05, 0) is 31.5 Å². The van der Waals surface area contributed by atoms with E-state index in [0.29, 0.717) is 11.5 Å². The summed E-state index contributed by atoms with van der Waals surface area (Å²) in [5.74, 6) is -1.13. The molecule has 1 aliphatic heterocycles. The molecule has 110 valence electrons. The first kappa shape index (κ1) is 14.8. The molecule has 0 spiro atoms. The fourth-order valence-corrected chi connectivity index (χ4v) is 3.28. The number of alkyl halides is 3. The van der Waals surface area contributed by atoms with Crippen molar-refractivity contribution < 1.29 is 13.2 Å². The van der Waals surface area contributed by atoms with Crippen molar-refractivity contribution in [1.29, 1.82) is 0 Å². The lowest BCUT2D eigenvalue weighted by Gasteiger charge is -2.42. The van der Waals surface area contributed by atoms with Gasteiger partial charge in [0.25, 0.3) is 0 Å². The van der Waals surface area contributed by atoms with Crippen molar-refractivity contribution in [2.75, 3.05) is 26.2 Å². The molecule has 3 nitrogen and oxygen atoms in total. The Kier molecular flexibility index (Phi) is 4.55. The number of thiocarbonyl (C=S) groups is 1. The molecule has 2 fully saturated rings. The van der Waals surface area contributed by atoms with E-state index in [-0.39, 0.29) is 18.9 Å². The molecule has 2 atom stereocenters. The summed E-state index contributed by atoms with van der Waals surface area (Å²) < 4.78 is 38.4. The topological polar surface area (TPSA) is 32.5 Å². The van der Waals surface area contributed by atoms with Crippen molar-refractivity contribution in [3.05, 3.63) is 0 Å². The van der Waals surface area contributed by atoms with Crippen molar-refractivity contribution in [3.63, 3.8) is 0 Å². The number of halogens is 3. The molecule has 0 aromatic rings. The van der Waals surface area contributed by atoms with E-state index in [1.807, 2.05) is 4.90 Å². The zero-order valence-corrected chi connectivity index (χ0v) is 11.6. The van der Waals surface area contributed by atoms with Gasteiger partial charge in [-0.1, -0.05) is 6.42 Å². The predicted molar refractivity (Wildman–Crippen MR) is 71.7 cm³/mol. The number of hydrogen-bond donors (Lipinski definition) is 1. The lowest BCUT2D eigenvalue weighted by molar-refractivity contribution is -0.187. The average molecular weight is 295 g/mol. The normalized spacial score (nSPS) is 30.4. The third-order valence-electron chi connectivity index (χ3n) is 4.25. The first-order valence-electron chi connectivity index (χ1n) is 6.73. The van der Waals surface area contributed by atoms with Gasteiger partial charge in [0, 0.05) is 32.2 Å². The standard InChI is InChI=1S/C12H20F3N3S/c13-12(14,15)9-2-1-3-10(8-9)17-4-6-18(7-5-17)11(16)19/h9-10H,1-8H2,(H2,16,19). The van der Waals surface area contributed by atoms with Crippen LogP contribution in [-0.2, 0) is 0 Å². The van der Waals surface area contributed by atoms with Crippen molar-refractivity contribution >= 4 is 17.3 Å². The molecule has 2 unspecified atom stereocenters. The largest absolute Gasteiger partial charge is 0.391 e. The Morgan fingerprint density at radius 1 is 1.11 bits per heavy atom. The first-order chi connectivity index (χ1) is 8.88. The van der Waals surface area contributed by atoms with Gasteiger partial charge in [0.1, 0.15) is 0 Å². The summed E-state index contributed by atoms with van der Waals surface area (Å²) in [5, 5.41) is 0.386. The Bertz CT molecular complexity index is 327. The quantitative estimate of drug-likeness (QED) is 0.750. The van der Waals surface area contributed by atoms with E-state index < -0.39 is 12.1 Å². The second-order valence-electron chi connectivity index (χ2n) is 5.42. The summed E-state index contributed by atoms with van der Waals surface area (Å²) in [6, 6.07) is 0.0638. The van der Waals surface area contributed by atoms with Gasteiger partial charge < -0.3 is 10.6 Å². The minimum atomic E-state index is -4.04. The molecule has 1 saturated carbocycles. The second kappa shape index (κ2) is 5.83. The van der Waals surface area contributed by atoms with Crippen molar-refractivity contribution in [3.8, 4) is 0 Å². The Morgan fingerprint density at radius 3 is 2.26 bits per heavy atom. The lowest BCUT2D eigenvalue weighted by atomic mass is 9.84. The van der Waals surface area contributed by atoms with Gasteiger partial charge in [-0.25, -0.2) is 0 Å². The molecule has 2 aliphatic rings. The Hall–Kier alpha value is -0.560. The van der Waals surface area contributed by atoms with Gasteiger partial charge in [0.05, 0.1) is 5.92 Å². The van der Waals surface area contributed by atoms with E-state index in [0.717, 1.165) is 32.6 Å². The van der Waals surface area contributed by atoms with Crippen molar-refractivity contribution in [2.45, 2.75) is 37.9 Å². The number of nitrogens with two attached hydrogens (primary N) is 1. The molecule has 0 aromatic carbocycles. The molecule has 0 amide bonds. The highest BCUT2D eigenvalue weighted by Crippen LogP contribution is 2.39. The summed E-state index contributed by atoms with van der Waals surface area (Å²) in [6.45, 7) is 2.96. The minimum absolute atomic E-state index is 0.0638. The van der Waals surface area contributed by atoms with Gasteiger partial charge in [0.15, 0.2) is 5.11 Å². The summed E-state index contributed by atoms with van der Waals surface area (Å²) in [6.07, 6.45) is -1.97. The van der Waals surface area contributed by atoms with Crippen LogP contribution >= 0.6 is 12.2 Å². The van der Waals surface area contributed by atoms with Crippen LogP contribution in [0.2, 0.25) is 0 Å². The van der Waals surface area contributed by atoms with E-state index in [9.17, 15) is 13.2 Å². The number of nitrogens with zero attached hydrogens (tertiary/aromatic N) is 2. The van der Waals surface area contributed by atoms with Crippen LogP contribution in [0.15, 0.2) is 0 Å². The van der Waals surface area contributed by atoms with Crippen LogP contribution < -0.4 is 5.73 Å². The third-order valence-corrected chi connectivity index (χ3v) is 4.51. The Balaban J connectivity index is 1.87. The highest BCUT2D eigenvalue weighted by molar-refractivity contribution is 7.80. The number of piperazine rings is 1. The zero-order chi connectivity index (χ0) is 14.0. The van der Waals surface area contributed by atoms with Crippen LogP contribution in [-0.4, -0.2) is 53.3 Å². The molecule has 0 aromatic heterocycles. The van der Waals surface area contributed by atoms with Crippen molar-refractivity contribution in [1.82, 2.24) is 9.80 Å².